The summed E-state index contributed by atoms with van der Waals surface area (Å²) in [6.45, 7) is 9.49. The van der Waals surface area contributed by atoms with E-state index >= 15 is 0 Å². The summed E-state index contributed by atoms with van der Waals surface area (Å²) in [4.78, 5) is 0. The summed E-state index contributed by atoms with van der Waals surface area (Å²) in [7, 11) is 0. The first-order valence-corrected chi connectivity index (χ1v) is 4.86. The van der Waals surface area contributed by atoms with Gasteiger partial charge in [0.25, 0.3) is 0 Å². The minimum atomic E-state index is 0.314. The van der Waals surface area contributed by atoms with Crippen molar-refractivity contribution in [2.24, 2.45) is 23.0 Å². The number of nitrogens with two attached hydrogens (primary N) is 1. The molecule has 1 rings (SSSR count). The molecule has 1 fully saturated rings. The maximum Gasteiger partial charge on any atom is 0.0516 e. The van der Waals surface area contributed by atoms with E-state index in [1.54, 1.807) is 0 Å². The van der Waals surface area contributed by atoms with Crippen LogP contribution in [0.2, 0.25) is 0 Å². The second-order valence-corrected chi connectivity index (χ2v) is 4.62. The molecule has 1 heterocycles. The Balaban J connectivity index is 2.41. The Morgan fingerprint density at radius 3 is 2.33 bits per heavy atom. The third-order valence-electron chi connectivity index (χ3n) is 3.32. The lowest BCUT2D eigenvalue weighted by atomic mass is 9.72. The van der Waals surface area contributed by atoms with Crippen LogP contribution in [0.25, 0.3) is 0 Å². The standard InChI is InChI=1S/C10H21NO/c1-8(2)10(3,7-11)4-9-5-12-6-9/h8-9H,4-7,11H2,1-3H3. The summed E-state index contributed by atoms with van der Waals surface area (Å²) in [5.74, 6) is 1.43. The van der Waals surface area contributed by atoms with Gasteiger partial charge in [-0.2, -0.15) is 0 Å². The van der Waals surface area contributed by atoms with Crippen LogP contribution in [0.5, 0.6) is 0 Å². The number of ether oxygens (including phenoxy) is 1. The normalized spacial score (nSPS) is 23.8. The van der Waals surface area contributed by atoms with Crippen LogP contribution in [0.4, 0.5) is 0 Å². The lowest BCUT2D eigenvalue weighted by Crippen LogP contribution is -2.40. The van der Waals surface area contributed by atoms with Crippen molar-refractivity contribution in [3.05, 3.63) is 0 Å². The first kappa shape index (κ1) is 10.0. The van der Waals surface area contributed by atoms with Gasteiger partial charge in [0.15, 0.2) is 0 Å². The molecule has 0 saturated carbocycles. The fourth-order valence-electron chi connectivity index (χ4n) is 1.62. The predicted octanol–water partition coefficient (Wildman–Crippen LogP) is 1.64. The largest absolute Gasteiger partial charge is 0.381 e. The highest BCUT2D eigenvalue weighted by molar-refractivity contribution is 4.83. The maximum atomic E-state index is 5.79. The number of hydrogen-bond acceptors (Lipinski definition) is 2. The van der Waals surface area contributed by atoms with E-state index in [4.69, 9.17) is 10.5 Å². The zero-order valence-corrected chi connectivity index (χ0v) is 8.47. The Morgan fingerprint density at radius 2 is 2.08 bits per heavy atom. The van der Waals surface area contributed by atoms with Crippen LogP contribution in [0.1, 0.15) is 27.2 Å². The van der Waals surface area contributed by atoms with Crippen LogP contribution >= 0.6 is 0 Å². The first-order valence-electron chi connectivity index (χ1n) is 4.86. The van der Waals surface area contributed by atoms with E-state index in [0.717, 1.165) is 25.7 Å². The molecule has 2 nitrogen and oxygen atoms in total. The highest BCUT2D eigenvalue weighted by Gasteiger charge is 2.32. The van der Waals surface area contributed by atoms with Crippen molar-refractivity contribution in [1.82, 2.24) is 0 Å². The second kappa shape index (κ2) is 3.75. The molecule has 0 aromatic rings. The van der Waals surface area contributed by atoms with Gasteiger partial charge in [-0.25, -0.2) is 0 Å². The zero-order valence-electron chi connectivity index (χ0n) is 8.47. The lowest BCUT2D eigenvalue weighted by molar-refractivity contribution is -0.0570. The van der Waals surface area contributed by atoms with Crippen molar-refractivity contribution in [1.29, 1.82) is 0 Å². The van der Waals surface area contributed by atoms with E-state index in [-0.39, 0.29) is 0 Å². The summed E-state index contributed by atoms with van der Waals surface area (Å²) < 4.78 is 5.16. The summed E-state index contributed by atoms with van der Waals surface area (Å²) in [6, 6.07) is 0. The molecule has 72 valence electrons. The molecule has 1 unspecified atom stereocenters. The average molecular weight is 171 g/mol. The van der Waals surface area contributed by atoms with Gasteiger partial charge in [0.2, 0.25) is 0 Å². The van der Waals surface area contributed by atoms with Crippen LogP contribution in [0, 0.1) is 17.3 Å². The van der Waals surface area contributed by atoms with E-state index in [9.17, 15) is 0 Å². The average Bonchev–Trinajstić information content (AvgIpc) is 1.96. The second-order valence-electron chi connectivity index (χ2n) is 4.62. The van der Waals surface area contributed by atoms with Crippen molar-refractivity contribution < 1.29 is 4.74 Å². The van der Waals surface area contributed by atoms with Crippen LogP contribution in [-0.4, -0.2) is 19.8 Å². The van der Waals surface area contributed by atoms with Gasteiger partial charge in [-0.3, -0.25) is 0 Å². The fraction of sp³-hybridized carbons (Fsp3) is 1.00. The van der Waals surface area contributed by atoms with Gasteiger partial charge >= 0.3 is 0 Å². The molecule has 2 heteroatoms. The molecule has 0 aliphatic carbocycles. The quantitative estimate of drug-likeness (QED) is 0.698. The van der Waals surface area contributed by atoms with E-state index in [0.29, 0.717) is 11.3 Å². The third-order valence-corrected chi connectivity index (χ3v) is 3.32. The molecule has 0 spiro atoms. The Bertz CT molecular complexity index is 143. The van der Waals surface area contributed by atoms with Crippen LogP contribution < -0.4 is 5.73 Å². The minimum Gasteiger partial charge on any atom is -0.381 e. The predicted molar refractivity (Wildman–Crippen MR) is 50.9 cm³/mol. The smallest absolute Gasteiger partial charge is 0.0516 e. The molecule has 1 atom stereocenters. The van der Waals surface area contributed by atoms with Crippen LogP contribution in [0.3, 0.4) is 0 Å². The molecule has 0 aromatic carbocycles. The van der Waals surface area contributed by atoms with Crippen molar-refractivity contribution in [3.8, 4) is 0 Å². The van der Waals surface area contributed by atoms with Gasteiger partial charge in [-0.05, 0) is 24.3 Å². The minimum absolute atomic E-state index is 0.314. The number of hydrogen-bond donors (Lipinski definition) is 1. The molecular formula is C10H21NO. The molecule has 1 aliphatic rings. The third kappa shape index (κ3) is 1.99. The molecule has 0 aromatic heterocycles. The van der Waals surface area contributed by atoms with E-state index < -0.39 is 0 Å². The van der Waals surface area contributed by atoms with Crippen LogP contribution in [-0.2, 0) is 4.74 Å². The SMILES string of the molecule is CC(C)C(C)(CN)CC1COC1. The molecule has 1 saturated heterocycles. The Labute approximate surface area is 75.5 Å². The summed E-state index contributed by atoms with van der Waals surface area (Å²) >= 11 is 0. The van der Waals surface area contributed by atoms with Gasteiger partial charge < -0.3 is 10.5 Å². The summed E-state index contributed by atoms with van der Waals surface area (Å²) in [5, 5.41) is 0. The van der Waals surface area contributed by atoms with Crippen LogP contribution in [0.15, 0.2) is 0 Å². The Hall–Kier alpha value is -0.0800. The maximum absolute atomic E-state index is 5.79. The molecule has 0 amide bonds. The molecule has 2 N–H and O–H groups in total. The van der Waals surface area contributed by atoms with E-state index in [1.165, 1.54) is 6.42 Å². The Morgan fingerprint density at radius 1 is 1.50 bits per heavy atom. The van der Waals surface area contributed by atoms with Crippen molar-refractivity contribution >= 4 is 0 Å². The van der Waals surface area contributed by atoms with Gasteiger partial charge in [-0.15, -0.1) is 0 Å². The summed E-state index contributed by atoms with van der Waals surface area (Å²) in [5.41, 5.74) is 6.11. The lowest BCUT2D eigenvalue weighted by Gasteiger charge is -2.39. The van der Waals surface area contributed by atoms with Gasteiger partial charge in [0.1, 0.15) is 0 Å². The molecule has 0 radical (unpaired) electrons. The van der Waals surface area contributed by atoms with Crippen molar-refractivity contribution in [2.75, 3.05) is 19.8 Å². The fourth-order valence-corrected chi connectivity index (χ4v) is 1.62. The summed E-state index contributed by atoms with van der Waals surface area (Å²) in [6.07, 6.45) is 1.22. The van der Waals surface area contributed by atoms with Crippen molar-refractivity contribution in [2.45, 2.75) is 27.2 Å². The molecular weight excluding hydrogens is 150 g/mol. The highest BCUT2D eigenvalue weighted by atomic mass is 16.5. The molecule has 1 aliphatic heterocycles. The van der Waals surface area contributed by atoms with E-state index in [2.05, 4.69) is 20.8 Å². The zero-order chi connectivity index (χ0) is 9.19. The Kier molecular flexibility index (Phi) is 3.13. The monoisotopic (exact) mass is 171 g/mol. The molecule has 12 heavy (non-hydrogen) atoms. The topological polar surface area (TPSA) is 35.2 Å². The van der Waals surface area contributed by atoms with E-state index in [1.807, 2.05) is 0 Å². The first-order chi connectivity index (χ1) is 5.58. The van der Waals surface area contributed by atoms with Gasteiger partial charge in [0, 0.05) is 5.92 Å². The molecule has 0 bridgehead atoms. The number of rotatable bonds is 4. The van der Waals surface area contributed by atoms with Crippen molar-refractivity contribution in [3.63, 3.8) is 0 Å². The highest BCUT2D eigenvalue weighted by Crippen LogP contribution is 2.35. The van der Waals surface area contributed by atoms with Gasteiger partial charge in [0.05, 0.1) is 13.2 Å². The van der Waals surface area contributed by atoms with Gasteiger partial charge in [-0.1, -0.05) is 20.8 Å².